The molecule has 1 fully saturated rings. The van der Waals surface area contributed by atoms with Crippen LogP contribution in [0.4, 0.5) is 0 Å². The zero-order valence-corrected chi connectivity index (χ0v) is 12.6. The molecule has 108 valence electrons. The zero-order valence-electron chi connectivity index (χ0n) is 12.6. The number of hydrogen-bond acceptors (Lipinski definition) is 2. The van der Waals surface area contributed by atoms with Gasteiger partial charge in [0.15, 0.2) is 0 Å². The van der Waals surface area contributed by atoms with E-state index in [1.807, 2.05) is 0 Å². The van der Waals surface area contributed by atoms with Gasteiger partial charge in [-0.15, -0.1) is 0 Å². The molecule has 0 radical (unpaired) electrons. The second kappa shape index (κ2) is 5.58. The Morgan fingerprint density at radius 2 is 1.90 bits per heavy atom. The van der Waals surface area contributed by atoms with Crippen LogP contribution in [0.3, 0.4) is 0 Å². The van der Waals surface area contributed by atoms with Crippen molar-refractivity contribution in [2.75, 3.05) is 19.6 Å². The Balaban J connectivity index is 1.81. The lowest BCUT2D eigenvalue weighted by Gasteiger charge is -2.31. The van der Waals surface area contributed by atoms with Crippen LogP contribution in [0.2, 0.25) is 0 Å². The van der Waals surface area contributed by atoms with Gasteiger partial charge in [-0.3, -0.25) is 4.90 Å². The number of piperidine rings is 1. The summed E-state index contributed by atoms with van der Waals surface area (Å²) < 4.78 is 2.36. The number of benzene rings is 1. The van der Waals surface area contributed by atoms with Gasteiger partial charge in [-0.1, -0.05) is 18.2 Å². The summed E-state index contributed by atoms with van der Waals surface area (Å²) in [7, 11) is 2.19. The Kier molecular flexibility index (Phi) is 3.81. The fraction of sp³-hybridized carbons (Fsp3) is 0.529. The van der Waals surface area contributed by atoms with Crippen LogP contribution in [-0.4, -0.2) is 29.1 Å². The molecule has 0 atom stereocenters. The van der Waals surface area contributed by atoms with Crippen molar-refractivity contribution in [3.63, 3.8) is 0 Å². The molecular weight excluding hydrogens is 246 g/mol. The largest absolute Gasteiger partial charge is 0.346 e. The zero-order chi connectivity index (χ0) is 14.1. The van der Waals surface area contributed by atoms with Gasteiger partial charge in [0, 0.05) is 30.2 Å². The Hall–Kier alpha value is -1.32. The third-order valence-electron chi connectivity index (χ3n) is 4.92. The lowest BCUT2D eigenvalue weighted by Crippen LogP contribution is -2.36. The Morgan fingerprint density at radius 1 is 1.20 bits per heavy atom. The maximum atomic E-state index is 5.78. The quantitative estimate of drug-likeness (QED) is 0.931. The predicted octanol–water partition coefficient (Wildman–Crippen LogP) is 2.66. The molecule has 0 saturated carbocycles. The van der Waals surface area contributed by atoms with Crippen LogP contribution < -0.4 is 5.73 Å². The molecule has 20 heavy (non-hydrogen) atoms. The van der Waals surface area contributed by atoms with E-state index >= 15 is 0 Å². The highest BCUT2D eigenvalue weighted by Crippen LogP contribution is 2.26. The highest BCUT2D eigenvalue weighted by atomic mass is 15.1. The SMILES string of the molecule is Cc1c(CN2CCC(CN)CC2)n(C)c2ccccc12. The molecule has 1 aliphatic rings. The fourth-order valence-electron chi connectivity index (χ4n) is 3.45. The van der Waals surface area contributed by atoms with Crippen LogP contribution in [0.15, 0.2) is 24.3 Å². The molecule has 1 aromatic carbocycles. The van der Waals surface area contributed by atoms with Crippen LogP contribution in [0.1, 0.15) is 24.1 Å². The summed E-state index contributed by atoms with van der Waals surface area (Å²) in [6, 6.07) is 8.70. The van der Waals surface area contributed by atoms with Gasteiger partial charge in [0.1, 0.15) is 0 Å². The molecule has 2 N–H and O–H groups in total. The molecule has 3 heteroatoms. The van der Waals surface area contributed by atoms with Gasteiger partial charge in [0.05, 0.1) is 0 Å². The lowest BCUT2D eigenvalue weighted by atomic mass is 9.97. The smallest absolute Gasteiger partial charge is 0.0483 e. The number of aryl methyl sites for hydroxylation is 2. The van der Waals surface area contributed by atoms with E-state index < -0.39 is 0 Å². The summed E-state index contributed by atoms with van der Waals surface area (Å²) in [6.07, 6.45) is 2.50. The van der Waals surface area contributed by atoms with Crippen LogP contribution >= 0.6 is 0 Å². The monoisotopic (exact) mass is 271 g/mol. The average molecular weight is 271 g/mol. The van der Waals surface area contributed by atoms with Crippen LogP contribution in [-0.2, 0) is 13.6 Å². The minimum Gasteiger partial charge on any atom is -0.346 e. The summed E-state index contributed by atoms with van der Waals surface area (Å²) in [5, 5.41) is 1.39. The number of fused-ring (bicyclic) bond motifs is 1. The molecule has 1 saturated heterocycles. The first-order valence-electron chi connectivity index (χ1n) is 7.66. The van der Waals surface area contributed by atoms with Crippen molar-refractivity contribution < 1.29 is 0 Å². The standard InChI is InChI=1S/C17H25N3/c1-13-15-5-3-4-6-16(15)19(2)17(13)12-20-9-7-14(11-18)8-10-20/h3-6,14H,7-12,18H2,1-2H3. The highest BCUT2D eigenvalue weighted by Gasteiger charge is 2.20. The molecule has 2 aromatic rings. The summed E-state index contributed by atoms with van der Waals surface area (Å²) in [5.74, 6) is 0.736. The van der Waals surface area contributed by atoms with E-state index in [1.54, 1.807) is 0 Å². The lowest BCUT2D eigenvalue weighted by molar-refractivity contribution is 0.177. The number of nitrogens with zero attached hydrogens (tertiary/aromatic N) is 2. The molecule has 0 amide bonds. The first-order valence-corrected chi connectivity index (χ1v) is 7.66. The number of rotatable bonds is 3. The highest BCUT2D eigenvalue weighted by molar-refractivity contribution is 5.85. The van der Waals surface area contributed by atoms with Crippen molar-refractivity contribution in [2.24, 2.45) is 18.7 Å². The van der Waals surface area contributed by atoms with E-state index in [-0.39, 0.29) is 0 Å². The molecule has 1 aliphatic heterocycles. The minimum atomic E-state index is 0.736. The normalized spacial score (nSPS) is 17.9. The fourth-order valence-corrected chi connectivity index (χ4v) is 3.45. The number of hydrogen-bond donors (Lipinski definition) is 1. The number of nitrogens with two attached hydrogens (primary N) is 1. The second-order valence-electron chi connectivity index (χ2n) is 6.10. The van der Waals surface area contributed by atoms with Crippen molar-refractivity contribution in [3.8, 4) is 0 Å². The molecule has 0 spiro atoms. The van der Waals surface area contributed by atoms with Gasteiger partial charge < -0.3 is 10.3 Å². The van der Waals surface area contributed by atoms with Gasteiger partial charge in [-0.05, 0) is 56.9 Å². The number of para-hydroxylation sites is 1. The van der Waals surface area contributed by atoms with Crippen molar-refractivity contribution in [3.05, 3.63) is 35.5 Å². The van der Waals surface area contributed by atoms with Gasteiger partial charge >= 0.3 is 0 Å². The van der Waals surface area contributed by atoms with Gasteiger partial charge in [-0.25, -0.2) is 0 Å². The van der Waals surface area contributed by atoms with E-state index in [1.165, 1.54) is 48.1 Å². The first kappa shape index (κ1) is 13.7. The summed E-state index contributed by atoms with van der Waals surface area (Å²) >= 11 is 0. The maximum absolute atomic E-state index is 5.78. The summed E-state index contributed by atoms with van der Waals surface area (Å²) in [4.78, 5) is 2.58. The van der Waals surface area contributed by atoms with Crippen molar-refractivity contribution in [1.29, 1.82) is 0 Å². The molecule has 0 unspecified atom stereocenters. The number of likely N-dealkylation sites (tertiary alicyclic amines) is 1. The van der Waals surface area contributed by atoms with Crippen LogP contribution in [0, 0.1) is 12.8 Å². The third kappa shape index (κ3) is 2.36. The molecule has 3 rings (SSSR count). The van der Waals surface area contributed by atoms with Crippen LogP contribution in [0.25, 0.3) is 10.9 Å². The molecule has 1 aromatic heterocycles. The maximum Gasteiger partial charge on any atom is 0.0483 e. The Morgan fingerprint density at radius 3 is 2.55 bits per heavy atom. The second-order valence-corrected chi connectivity index (χ2v) is 6.10. The van der Waals surface area contributed by atoms with Gasteiger partial charge in [0.2, 0.25) is 0 Å². The van der Waals surface area contributed by atoms with E-state index in [2.05, 4.69) is 47.7 Å². The average Bonchev–Trinajstić information content (AvgIpc) is 2.74. The first-order chi connectivity index (χ1) is 9.70. The van der Waals surface area contributed by atoms with Gasteiger partial charge in [-0.2, -0.15) is 0 Å². The molecule has 0 aliphatic carbocycles. The van der Waals surface area contributed by atoms with Crippen molar-refractivity contribution in [1.82, 2.24) is 9.47 Å². The minimum absolute atomic E-state index is 0.736. The summed E-state index contributed by atoms with van der Waals surface area (Å²) in [5.41, 5.74) is 10.0. The van der Waals surface area contributed by atoms with Crippen molar-refractivity contribution in [2.45, 2.75) is 26.3 Å². The van der Waals surface area contributed by atoms with E-state index in [9.17, 15) is 0 Å². The van der Waals surface area contributed by atoms with Crippen molar-refractivity contribution >= 4 is 10.9 Å². The summed E-state index contributed by atoms with van der Waals surface area (Å²) in [6.45, 7) is 6.53. The van der Waals surface area contributed by atoms with E-state index in [4.69, 9.17) is 5.73 Å². The van der Waals surface area contributed by atoms with E-state index in [0.29, 0.717) is 0 Å². The Labute approximate surface area is 121 Å². The number of aromatic nitrogens is 1. The molecule has 3 nitrogen and oxygen atoms in total. The van der Waals surface area contributed by atoms with Gasteiger partial charge in [0.25, 0.3) is 0 Å². The third-order valence-corrected chi connectivity index (χ3v) is 4.92. The topological polar surface area (TPSA) is 34.2 Å². The molecular formula is C17H25N3. The molecule has 0 bridgehead atoms. The Bertz CT molecular complexity index is 553. The molecule has 2 heterocycles. The van der Waals surface area contributed by atoms with Crippen LogP contribution in [0.5, 0.6) is 0 Å². The van der Waals surface area contributed by atoms with E-state index in [0.717, 1.165) is 19.0 Å². The predicted molar refractivity (Wildman–Crippen MR) is 84.7 cm³/mol.